The lowest BCUT2D eigenvalue weighted by atomic mass is 9.87. The van der Waals surface area contributed by atoms with Crippen LogP contribution in [0.1, 0.15) is 26.3 Å². The quantitative estimate of drug-likeness (QED) is 0.893. The molecule has 1 fully saturated rings. The zero-order valence-electron chi connectivity index (χ0n) is 11.0. The number of hydrogen-bond acceptors (Lipinski definition) is 3. The summed E-state index contributed by atoms with van der Waals surface area (Å²) < 4.78 is 5.41. The fraction of sp³-hybridized carbons (Fsp3) is 0.500. The second kappa shape index (κ2) is 4.28. The Bertz CT molecular complexity index is 444. The SMILES string of the molecule is CCN1C(=O)O[C@@](C)(Cc2ccccc2)[C@@]1(C)O. The van der Waals surface area contributed by atoms with E-state index in [-0.39, 0.29) is 0 Å². The van der Waals surface area contributed by atoms with Crippen LogP contribution < -0.4 is 0 Å². The van der Waals surface area contributed by atoms with Crippen LogP contribution in [0.4, 0.5) is 4.79 Å². The highest BCUT2D eigenvalue weighted by Gasteiger charge is 2.58. The summed E-state index contributed by atoms with van der Waals surface area (Å²) >= 11 is 0. The number of benzene rings is 1. The second-order valence-electron chi connectivity index (χ2n) is 5.03. The molecule has 0 radical (unpaired) electrons. The van der Waals surface area contributed by atoms with Crippen molar-refractivity contribution < 1.29 is 14.6 Å². The zero-order valence-corrected chi connectivity index (χ0v) is 11.0. The molecule has 1 aromatic carbocycles. The van der Waals surface area contributed by atoms with E-state index in [0.29, 0.717) is 13.0 Å². The number of rotatable bonds is 3. The lowest BCUT2D eigenvalue weighted by molar-refractivity contribution is -0.134. The van der Waals surface area contributed by atoms with Gasteiger partial charge in [0.05, 0.1) is 0 Å². The van der Waals surface area contributed by atoms with E-state index in [1.165, 1.54) is 4.90 Å². The van der Waals surface area contributed by atoms with Crippen molar-refractivity contribution in [3.8, 4) is 0 Å². The fourth-order valence-electron chi connectivity index (χ4n) is 2.43. The lowest BCUT2D eigenvalue weighted by Crippen LogP contribution is -2.55. The topological polar surface area (TPSA) is 49.8 Å². The van der Waals surface area contributed by atoms with Crippen LogP contribution in [-0.4, -0.2) is 34.0 Å². The highest BCUT2D eigenvalue weighted by atomic mass is 16.6. The number of likely N-dealkylation sites (N-methyl/N-ethyl adjacent to an activating group) is 1. The molecule has 0 spiro atoms. The van der Waals surface area contributed by atoms with Crippen molar-refractivity contribution in [2.75, 3.05) is 6.54 Å². The summed E-state index contributed by atoms with van der Waals surface area (Å²) in [5.74, 6) is 0. The third-order valence-corrected chi connectivity index (χ3v) is 3.76. The number of ether oxygens (including phenoxy) is 1. The van der Waals surface area contributed by atoms with Crippen LogP contribution in [0, 0.1) is 0 Å². The van der Waals surface area contributed by atoms with Crippen molar-refractivity contribution in [1.29, 1.82) is 0 Å². The van der Waals surface area contributed by atoms with Crippen LogP contribution in [0.3, 0.4) is 0 Å². The van der Waals surface area contributed by atoms with Crippen molar-refractivity contribution in [2.24, 2.45) is 0 Å². The Morgan fingerprint density at radius 1 is 1.28 bits per heavy atom. The number of carbonyl (C=O) groups is 1. The highest BCUT2D eigenvalue weighted by Crippen LogP contribution is 2.39. The molecule has 0 saturated carbocycles. The first-order valence-electron chi connectivity index (χ1n) is 6.17. The minimum atomic E-state index is -1.30. The molecule has 0 aromatic heterocycles. The van der Waals surface area contributed by atoms with E-state index in [2.05, 4.69) is 0 Å². The maximum absolute atomic E-state index is 11.8. The third-order valence-electron chi connectivity index (χ3n) is 3.76. The van der Waals surface area contributed by atoms with Gasteiger partial charge in [-0.05, 0) is 26.3 Å². The summed E-state index contributed by atoms with van der Waals surface area (Å²) in [4.78, 5) is 13.1. The summed E-state index contributed by atoms with van der Waals surface area (Å²) in [6.45, 7) is 5.65. The standard InChI is InChI=1S/C14H19NO3/c1-4-15-12(16)18-13(2,14(15,3)17)10-11-8-6-5-7-9-11/h5-9,17H,4,10H2,1-3H3/t13-,14+/m0/s1. The first-order valence-corrected chi connectivity index (χ1v) is 6.17. The minimum absolute atomic E-state index is 0.427. The summed E-state index contributed by atoms with van der Waals surface area (Å²) in [5.41, 5.74) is -1.19. The monoisotopic (exact) mass is 249 g/mol. The van der Waals surface area contributed by atoms with Crippen molar-refractivity contribution in [1.82, 2.24) is 4.90 Å². The molecule has 1 aromatic rings. The normalized spacial score (nSPS) is 31.6. The molecule has 4 heteroatoms. The van der Waals surface area contributed by atoms with Crippen LogP contribution in [0.2, 0.25) is 0 Å². The number of hydrogen-bond donors (Lipinski definition) is 1. The maximum Gasteiger partial charge on any atom is 0.412 e. The molecule has 1 saturated heterocycles. The van der Waals surface area contributed by atoms with Gasteiger partial charge in [-0.25, -0.2) is 4.79 Å². The molecule has 2 atom stereocenters. The van der Waals surface area contributed by atoms with E-state index >= 15 is 0 Å². The Hall–Kier alpha value is -1.55. The largest absolute Gasteiger partial charge is 0.438 e. The van der Waals surface area contributed by atoms with Crippen LogP contribution in [0.5, 0.6) is 0 Å². The van der Waals surface area contributed by atoms with Gasteiger partial charge in [0.2, 0.25) is 0 Å². The first-order chi connectivity index (χ1) is 8.40. The summed E-state index contributed by atoms with van der Waals surface area (Å²) in [5, 5.41) is 10.6. The third kappa shape index (κ3) is 1.86. The predicted octanol–water partition coefficient (Wildman–Crippen LogP) is 2.17. The van der Waals surface area contributed by atoms with E-state index in [1.54, 1.807) is 13.8 Å². The molecule has 2 rings (SSSR count). The van der Waals surface area contributed by atoms with Gasteiger partial charge < -0.3 is 9.84 Å². The van der Waals surface area contributed by atoms with Gasteiger partial charge >= 0.3 is 6.09 Å². The molecule has 0 bridgehead atoms. The average Bonchev–Trinajstić information content (AvgIpc) is 2.46. The second-order valence-corrected chi connectivity index (χ2v) is 5.03. The number of nitrogens with zero attached hydrogens (tertiary/aromatic N) is 1. The number of cyclic esters (lactones) is 1. The molecule has 4 nitrogen and oxygen atoms in total. The van der Waals surface area contributed by atoms with Crippen LogP contribution in [0.25, 0.3) is 0 Å². The van der Waals surface area contributed by atoms with Gasteiger partial charge in [-0.3, -0.25) is 4.90 Å². The Kier molecular flexibility index (Phi) is 3.07. The molecular weight excluding hydrogens is 230 g/mol. The smallest absolute Gasteiger partial charge is 0.412 e. The molecule has 0 unspecified atom stereocenters. The van der Waals surface area contributed by atoms with Gasteiger partial charge in [0.1, 0.15) is 0 Å². The highest BCUT2D eigenvalue weighted by molar-refractivity contribution is 5.72. The summed E-state index contributed by atoms with van der Waals surface area (Å²) in [6, 6.07) is 9.72. The lowest BCUT2D eigenvalue weighted by Gasteiger charge is -2.37. The number of amides is 1. The summed E-state index contributed by atoms with van der Waals surface area (Å²) in [7, 11) is 0. The van der Waals surface area contributed by atoms with E-state index in [9.17, 15) is 9.90 Å². The fourth-order valence-corrected chi connectivity index (χ4v) is 2.43. The average molecular weight is 249 g/mol. The molecule has 1 amide bonds. The van der Waals surface area contributed by atoms with E-state index in [4.69, 9.17) is 4.74 Å². The summed E-state index contributed by atoms with van der Waals surface area (Å²) in [6.07, 6.45) is 0.0317. The number of carbonyl (C=O) groups excluding carboxylic acids is 1. The van der Waals surface area contributed by atoms with Crippen LogP contribution in [0.15, 0.2) is 30.3 Å². The van der Waals surface area contributed by atoms with E-state index in [0.717, 1.165) is 5.56 Å². The molecule has 1 aliphatic rings. The minimum Gasteiger partial charge on any atom is -0.438 e. The van der Waals surface area contributed by atoms with Gasteiger partial charge in [-0.2, -0.15) is 0 Å². The molecule has 18 heavy (non-hydrogen) atoms. The van der Waals surface area contributed by atoms with Gasteiger partial charge in [-0.1, -0.05) is 30.3 Å². The molecule has 1 aliphatic heterocycles. The zero-order chi connectivity index (χ0) is 13.4. The number of aliphatic hydroxyl groups is 1. The van der Waals surface area contributed by atoms with E-state index < -0.39 is 17.4 Å². The Labute approximate surface area is 107 Å². The Morgan fingerprint density at radius 3 is 2.39 bits per heavy atom. The Morgan fingerprint density at radius 2 is 1.89 bits per heavy atom. The maximum atomic E-state index is 11.8. The molecule has 1 heterocycles. The Balaban J connectivity index is 2.29. The van der Waals surface area contributed by atoms with Gasteiger partial charge in [0.25, 0.3) is 0 Å². The van der Waals surface area contributed by atoms with Crippen molar-refractivity contribution in [2.45, 2.75) is 38.5 Å². The molecule has 0 aliphatic carbocycles. The molecule has 1 N–H and O–H groups in total. The van der Waals surface area contributed by atoms with Crippen molar-refractivity contribution in [3.63, 3.8) is 0 Å². The van der Waals surface area contributed by atoms with E-state index in [1.807, 2.05) is 37.3 Å². The van der Waals surface area contributed by atoms with Crippen molar-refractivity contribution >= 4 is 6.09 Å². The van der Waals surface area contributed by atoms with Gasteiger partial charge in [-0.15, -0.1) is 0 Å². The van der Waals surface area contributed by atoms with Gasteiger partial charge in [0, 0.05) is 13.0 Å². The molecule has 98 valence electrons. The first kappa shape index (κ1) is 12.9. The van der Waals surface area contributed by atoms with Crippen molar-refractivity contribution in [3.05, 3.63) is 35.9 Å². The molecular formula is C14H19NO3. The predicted molar refractivity (Wildman–Crippen MR) is 68.0 cm³/mol. The van der Waals surface area contributed by atoms with Gasteiger partial charge in [0.15, 0.2) is 11.3 Å². The van der Waals surface area contributed by atoms with Crippen LogP contribution in [-0.2, 0) is 11.2 Å². The van der Waals surface area contributed by atoms with Crippen LogP contribution >= 0.6 is 0 Å².